The Balaban J connectivity index is 2.80. The molecule has 0 spiro atoms. The zero-order valence-corrected chi connectivity index (χ0v) is 9.05. The van der Waals surface area contributed by atoms with Crippen LogP contribution in [0.15, 0.2) is 12.3 Å². The third kappa shape index (κ3) is 1.39. The number of fused-ring (bicyclic) bond motifs is 1. The van der Waals surface area contributed by atoms with E-state index in [9.17, 15) is 0 Å². The SMILES string of the molecule is Cc1cc(C(C)(C)C)c2cn[nH]c2n1. The fourth-order valence-corrected chi connectivity index (χ4v) is 1.68. The molecule has 0 fully saturated rings. The van der Waals surface area contributed by atoms with Gasteiger partial charge in [0.25, 0.3) is 0 Å². The summed E-state index contributed by atoms with van der Waals surface area (Å²) in [6.45, 7) is 8.62. The number of nitrogens with one attached hydrogen (secondary N) is 1. The smallest absolute Gasteiger partial charge is 0.155 e. The minimum Gasteiger partial charge on any atom is -0.261 e. The molecule has 2 aromatic rings. The van der Waals surface area contributed by atoms with Crippen molar-refractivity contribution in [1.29, 1.82) is 0 Å². The summed E-state index contributed by atoms with van der Waals surface area (Å²) in [5.74, 6) is 0. The molecule has 0 aliphatic heterocycles. The molecule has 2 rings (SSSR count). The third-order valence-corrected chi connectivity index (χ3v) is 2.36. The number of aryl methyl sites for hydroxylation is 1. The predicted octanol–water partition coefficient (Wildman–Crippen LogP) is 2.56. The average molecular weight is 189 g/mol. The van der Waals surface area contributed by atoms with Crippen molar-refractivity contribution in [2.45, 2.75) is 33.1 Å². The van der Waals surface area contributed by atoms with Crippen molar-refractivity contribution in [3.05, 3.63) is 23.5 Å². The van der Waals surface area contributed by atoms with Gasteiger partial charge >= 0.3 is 0 Å². The Kier molecular flexibility index (Phi) is 1.84. The van der Waals surface area contributed by atoms with Crippen LogP contribution in [0.1, 0.15) is 32.0 Å². The maximum Gasteiger partial charge on any atom is 0.155 e. The minimum absolute atomic E-state index is 0.135. The van der Waals surface area contributed by atoms with E-state index in [0.29, 0.717) is 0 Å². The normalized spacial score (nSPS) is 12.3. The lowest BCUT2D eigenvalue weighted by Gasteiger charge is -2.20. The molecular formula is C11H15N3. The summed E-state index contributed by atoms with van der Waals surface area (Å²) in [5, 5.41) is 8.07. The number of pyridine rings is 1. The maximum absolute atomic E-state index is 4.39. The Morgan fingerprint density at radius 3 is 2.64 bits per heavy atom. The molecule has 0 bridgehead atoms. The van der Waals surface area contributed by atoms with Crippen molar-refractivity contribution >= 4 is 11.0 Å². The summed E-state index contributed by atoms with van der Waals surface area (Å²) in [6.07, 6.45) is 1.85. The molecule has 2 aromatic heterocycles. The van der Waals surface area contributed by atoms with E-state index in [2.05, 4.69) is 42.0 Å². The highest BCUT2D eigenvalue weighted by molar-refractivity contribution is 5.79. The number of hydrogen-bond donors (Lipinski definition) is 1. The lowest BCUT2D eigenvalue weighted by Crippen LogP contribution is -2.12. The van der Waals surface area contributed by atoms with Gasteiger partial charge in [0.15, 0.2) is 5.65 Å². The van der Waals surface area contributed by atoms with Gasteiger partial charge in [-0.2, -0.15) is 5.10 Å². The number of rotatable bonds is 0. The van der Waals surface area contributed by atoms with E-state index in [1.54, 1.807) is 0 Å². The molecule has 0 amide bonds. The van der Waals surface area contributed by atoms with Crippen LogP contribution in [0.3, 0.4) is 0 Å². The first-order valence-electron chi connectivity index (χ1n) is 4.80. The molecule has 74 valence electrons. The summed E-state index contributed by atoms with van der Waals surface area (Å²) < 4.78 is 0. The highest BCUT2D eigenvalue weighted by Gasteiger charge is 2.18. The van der Waals surface area contributed by atoms with E-state index in [4.69, 9.17) is 0 Å². The highest BCUT2D eigenvalue weighted by atomic mass is 15.1. The lowest BCUT2D eigenvalue weighted by molar-refractivity contribution is 0.594. The molecule has 2 heterocycles. The Hall–Kier alpha value is -1.38. The molecule has 0 saturated carbocycles. The summed E-state index contributed by atoms with van der Waals surface area (Å²) in [5.41, 5.74) is 3.35. The quantitative estimate of drug-likeness (QED) is 0.692. The molecule has 14 heavy (non-hydrogen) atoms. The van der Waals surface area contributed by atoms with Crippen LogP contribution in [0.2, 0.25) is 0 Å². The van der Waals surface area contributed by atoms with Gasteiger partial charge in [-0.1, -0.05) is 20.8 Å². The van der Waals surface area contributed by atoms with Crippen LogP contribution < -0.4 is 0 Å². The topological polar surface area (TPSA) is 41.6 Å². The van der Waals surface area contributed by atoms with Crippen LogP contribution in [0, 0.1) is 6.92 Å². The first-order valence-corrected chi connectivity index (χ1v) is 4.80. The molecule has 0 aliphatic rings. The van der Waals surface area contributed by atoms with Crippen LogP contribution >= 0.6 is 0 Å². The predicted molar refractivity (Wildman–Crippen MR) is 57.3 cm³/mol. The Bertz CT molecular complexity index is 463. The van der Waals surface area contributed by atoms with E-state index in [1.807, 2.05) is 13.1 Å². The molecule has 0 saturated heterocycles. The van der Waals surface area contributed by atoms with Gasteiger partial charge in [0.2, 0.25) is 0 Å². The van der Waals surface area contributed by atoms with Gasteiger partial charge in [-0.05, 0) is 24.0 Å². The van der Waals surface area contributed by atoms with Crippen molar-refractivity contribution in [3.8, 4) is 0 Å². The van der Waals surface area contributed by atoms with Gasteiger partial charge < -0.3 is 0 Å². The Labute approximate surface area is 83.6 Å². The van der Waals surface area contributed by atoms with Gasteiger partial charge in [-0.3, -0.25) is 5.10 Å². The molecule has 3 nitrogen and oxygen atoms in total. The van der Waals surface area contributed by atoms with Gasteiger partial charge in [-0.15, -0.1) is 0 Å². The number of aromatic amines is 1. The second-order valence-electron chi connectivity index (χ2n) is 4.69. The zero-order valence-electron chi connectivity index (χ0n) is 9.05. The zero-order chi connectivity index (χ0) is 10.3. The van der Waals surface area contributed by atoms with Crippen molar-refractivity contribution in [2.75, 3.05) is 0 Å². The molecule has 0 unspecified atom stereocenters. The van der Waals surface area contributed by atoms with Crippen molar-refractivity contribution < 1.29 is 0 Å². The van der Waals surface area contributed by atoms with Crippen LogP contribution in [0.5, 0.6) is 0 Å². The van der Waals surface area contributed by atoms with Crippen LogP contribution in [0.4, 0.5) is 0 Å². The molecule has 3 heteroatoms. The maximum atomic E-state index is 4.39. The van der Waals surface area contributed by atoms with E-state index < -0.39 is 0 Å². The monoisotopic (exact) mass is 189 g/mol. The van der Waals surface area contributed by atoms with Gasteiger partial charge in [0.05, 0.1) is 6.20 Å². The van der Waals surface area contributed by atoms with Gasteiger partial charge in [0, 0.05) is 11.1 Å². The molecule has 0 aliphatic carbocycles. The van der Waals surface area contributed by atoms with Crippen molar-refractivity contribution in [3.63, 3.8) is 0 Å². The largest absolute Gasteiger partial charge is 0.261 e. The van der Waals surface area contributed by atoms with E-state index in [0.717, 1.165) is 16.7 Å². The van der Waals surface area contributed by atoms with Crippen molar-refractivity contribution in [1.82, 2.24) is 15.2 Å². The lowest BCUT2D eigenvalue weighted by atomic mass is 9.85. The molecular weight excluding hydrogens is 174 g/mol. The van der Waals surface area contributed by atoms with E-state index in [-0.39, 0.29) is 5.41 Å². The fourth-order valence-electron chi connectivity index (χ4n) is 1.68. The van der Waals surface area contributed by atoms with E-state index in [1.165, 1.54) is 5.56 Å². The number of aromatic nitrogens is 3. The van der Waals surface area contributed by atoms with Gasteiger partial charge in [0.1, 0.15) is 0 Å². The third-order valence-electron chi connectivity index (χ3n) is 2.36. The first kappa shape index (κ1) is 9.19. The molecule has 1 N–H and O–H groups in total. The second-order valence-corrected chi connectivity index (χ2v) is 4.69. The van der Waals surface area contributed by atoms with Crippen LogP contribution in [-0.4, -0.2) is 15.2 Å². The van der Waals surface area contributed by atoms with Gasteiger partial charge in [-0.25, -0.2) is 4.98 Å². The van der Waals surface area contributed by atoms with Crippen LogP contribution in [0.25, 0.3) is 11.0 Å². The number of H-pyrrole nitrogens is 1. The standard InChI is InChI=1S/C11H15N3/c1-7-5-9(11(2,3)4)8-6-12-14-10(8)13-7/h5-6H,1-4H3,(H,12,13,14). The first-order chi connectivity index (χ1) is 6.48. The van der Waals surface area contributed by atoms with E-state index >= 15 is 0 Å². The highest BCUT2D eigenvalue weighted by Crippen LogP contribution is 2.28. The molecule has 0 atom stereocenters. The van der Waals surface area contributed by atoms with Crippen LogP contribution in [-0.2, 0) is 5.41 Å². The molecule has 0 radical (unpaired) electrons. The Morgan fingerprint density at radius 1 is 1.29 bits per heavy atom. The average Bonchev–Trinajstić information content (AvgIpc) is 2.47. The summed E-state index contributed by atoms with van der Waals surface area (Å²) in [4.78, 5) is 4.39. The minimum atomic E-state index is 0.135. The summed E-state index contributed by atoms with van der Waals surface area (Å²) in [7, 11) is 0. The number of hydrogen-bond acceptors (Lipinski definition) is 2. The summed E-state index contributed by atoms with van der Waals surface area (Å²) >= 11 is 0. The fraction of sp³-hybridized carbons (Fsp3) is 0.455. The Morgan fingerprint density at radius 2 is 2.00 bits per heavy atom. The molecule has 0 aromatic carbocycles. The summed E-state index contributed by atoms with van der Waals surface area (Å²) in [6, 6.07) is 2.14. The van der Waals surface area contributed by atoms with Crippen molar-refractivity contribution in [2.24, 2.45) is 0 Å². The second kappa shape index (κ2) is 2.80. The number of nitrogens with zero attached hydrogens (tertiary/aromatic N) is 2.